The molecule has 0 fully saturated rings. The summed E-state index contributed by atoms with van der Waals surface area (Å²) in [5.74, 6) is 0. The van der Waals surface area contributed by atoms with Crippen LogP contribution in [0.25, 0.3) is 16.7 Å². The molecule has 1 aliphatic rings. The molecule has 3 nitrogen and oxygen atoms in total. The van der Waals surface area contributed by atoms with Crippen molar-refractivity contribution in [3.8, 4) is 11.1 Å². The molecule has 1 N–H and O–H groups in total. The normalized spacial score (nSPS) is 14.6. The molecular formula is C24H17Cl2F3N2O. The van der Waals surface area contributed by atoms with Crippen molar-refractivity contribution >= 4 is 40.5 Å². The van der Waals surface area contributed by atoms with Gasteiger partial charge in [0.05, 0.1) is 21.3 Å². The molecule has 1 aliphatic heterocycles. The van der Waals surface area contributed by atoms with Crippen LogP contribution in [0.15, 0.2) is 72.4 Å². The van der Waals surface area contributed by atoms with Crippen LogP contribution in [0.4, 0.5) is 23.7 Å². The number of halogens is 5. The van der Waals surface area contributed by atoms with Crippen molar-refractivity contribution in [2.45, 2.75) is 13.1 Å². The van der Waals surface area contributed by atoms with Crippen molar-refractivity contribution < 1.29 is 18.0 Å². The quantitative estimate of drug-likeness (QED) is 0.413. The summed E-state index contributed by atoms with van der Waals surface area (Å²) in [4.78, 5) is 13.9. The molecule has 3 aromatic carbocycles. The summed E-state index contributed by atoms with van der Waals surface area (Å²) in [6, 6.07) is 17.1. The highest BCUT2D eigenvalue weighted by Gasteiger charge is 2.33. The first-order valence-corrected chi connectivity index (χ1v) is 10.4. The van der Waals surface area contributed by atoms with Crippen molar-refractivity contribution in [3.05, 3.63) is 93.6 Å². The van der Waals surface area contributed by atoms with Crippen LogP contribution in [0.5, 0.6) is 0 Å². The lowest BCUT2D eigenvalue weighted by atomic mass is 9.92. The zero-order valence-electron chi connectivity index (χ0n) is 16.8. The number of alkyl halides is 3. The third-order valence-electron chi connectivity index (χ3n) is 5.31. The fraction of sp³-hybridized carbons (Fsp3) is 0.125. The fourth-order valence-corrected chi connectivity index (χ4v) is 4.04. The van der Waals surface area contributed by atoms with E-state index in [1.54, 1.807) is 19.1 Å². The average molecular weight is 477 g/mol. The SMILES string of the molecule is CC1=C(c2ccccc2-c2ccc(Cl)c(Cl)c2)CNC(=O)N1c1cccc(C(F)(F)F)c1. The van der Waals surface area contributed by atoms with Crippen molar-refractivity contribution in [3.63, 3.8) is 0 Å². The zero-order chi connectivity index (χ0) is 23.0. The maximum atomic E-state index is 13.2. The number of amides is 2. The number of carbonyl (C=O) groups is 1. The minimum atomic E-state index is -4.51. The van der Waals surface area contributed by atoms with E-state index in [0.29, 0.717) is 15.7 Å². The Hall–Kier alpha value is -2.96. The van der Waals surface area contributed by atoms with Gasteiger partial charge in [-0.05, 0) is 59.5 Å². The monoisotopic (exact) mass is 476 g/mol. The van der Waals surface area contributed by atoms with Gasteiger partial charge in [0.25, 0.3) is 0 Å². The number of rotatable bonds is 3. The van der Waals surface area contributed by atoms with Gasteiger partial charge in [0.1, 0.15) is 0 Å². The second-order valence-electron chi connectivity index (χ2n) is 7.28. The highest BCUT2D eigenvalue weighted by molar-refractivity contribution is 6.42. The number of hydrogen-bond acceptors (Lipinski definition) is 1. The number of anilines is 1. The van der Waals surface area contributed by atoms with Gasteiger partial charge >= 0.3 is 12.2 Å². The van der Waals surface area contributed by atoms with E-state index < -0.39 is 17.8 Å². The van der Waals surface area contributed by atoms with Crippen LogP contribution < -0.4 is 10.2 Å². The van der Waals surface area contributed by atoms with E-state index in [9.17, 15) is 18.0 Å². The number of nitrogens with one attached hydrogen (secondary N) is 1. The lowest BCUT2D eigenvalue weighted by Crippen LogP contribution is -2.44. The van der Waals surface area contributed by atoms with Crippen LogP contribution in [0.3, 0.4) is 0 Å². The van der Waals surface area contributed by atoms with Crippen LogP contribution in [0.1, 0.15) is 18.1 Å². The van der Waals surface area contributed by atoms with Gasteiger partial charge in [0.15, 0.2) is 0 Å². The molecule has 8 heteroatoms. The predicted octanol–water partition coefficient (Wildman–Crippen LogP) is 7.64. The van der Waals surface area contributed by atoms with Crippen molar-refractivity contribution in [1.29, 1.82) is 0 Å². The standard InChI is InChI=1S/C24H17Cl2F3N2O/c1-14-20(19-8-3-2-7-18(19)15-9-10-21(25)22(26)11-15)13-30-23(32)31(14)17-6-4-5-16(12-17)24(27,28)29/h2-12H,13H2,1H3,(H,30,32). The van der Waals surface area contributed by atoms with Crippen molar-refractivity contribution in [1.82, 2.24) is 5.32 Å². The van der Waals surface area contributed by atoms with E-state index in [2.05, 4.69) is 5.32 Å². The summed E-state index contributed by atoms with van der Waals surface area (Å²) in [6.45, 7) is 1.96. The van der Waals surface area contributed by atoms with E-state index in [1.807, 2.05) is 30.3 Å². The molecule has 3 aromatic rings. The minimum absolute atomic E-state index is 0.138. The van der Waals surface area contributed by atoms with Crippen LogP contribution in [0, 0.1) is 0 Å². The van der Waals surface area contributed by atoms with Gasteiger partial charge in [0.2, 0.25) is 0 Å². The van der Waals surface area contributed by atoms with Crippen molar-refractivity contribution in [2.75, 3.05) is 11.4 Å². The van der Waals surface area contributed by atoms with E-state index >= 15 is 0 Å². The largest absolute Gasteiger partial charge is 0.416 e. The molecule has 0 bridgehead atoms. The Kier molecular flexibility index (Phi) is 5.93. The summed E-state index contributed by atoms with van der Waals surface area (Å²) in [5, 5.41) is 3.61. The molecular weight excluding hydrogens is 460 g/mol. The molecule has 164 valence electrons. The molecule has 0 saturated carbocycles. The Morgan fingerprint density at radius 3 is 2.31 bits per heavy atom. The van der Waals surface area contributed by atoms with Crippen LogP contribution in [-0.4, -0.2) is 12.6 Å². The maximum absolute atomic E-state index is 13.2. The van der Waals surface area contributed by atoms with Gasteiger partial charge in [-0.1, -0.05) is 59.6 Å². The number of carbonyl (C=O) groups excluding carboxylic acids is 1. The van der Waals surface area contributed by atoms with E-state index in [-0.39, 0.29) is 12.2 Å². The maximum Gasteiger partial charge on any atom is 0.416 e. The number of urea groups is 1. The van der Waals surface area contributed by atoms with Crippen LogP contribution in [-0.2, 0) is 6.18 Å². The summed E-state index contributed by atoms with van der Waals surface area (Å²) in [7, 11) is 0. The number of hydrogen-bond donors (Lipinski definition) is 1. The summed E-state index contributed by atoms with van der Waals surface area (Å²) in [6.07, 6.45) is -4.51. The van der Waals surface area contributed by atoms with Gasteiger partial charge in [-0.15, -0.1) is 0 Å². The first-order chi connectivity index (χ1) is 15.2. The Labute approximate surface area is 193 Å². The van der Waals surface area contributed by atoms with Crippen molar-refractivity contribution in [2.24, 2.45) is 0 Å². The molecule has 32 heavy (non-hydrogen) atoms. The zero-order valence-corrected chi connectivity index (χ0v) is 18.3. The number of allylic oxidation sites excluding steroid dienone is 1. The van der Waals surface area contributed by atoms with Gasteiger partial charge in [0, 0.05) is 12.2 Å². The lowest BCUT2D eigenvalue weighted by Gasteiger charge is -2.32. The molecule has 2 amide bonds. The molecule has 1 heterocycles. The van der Waals surface area contributed by atoms with E-state index in [0.717, 1.165) is 34.4 Å². The second-order valence-corrected chi connectivity index (χ2v) is 8.10. The van der Waals surface area contributed by atoms with E-state index in [1.165, 1.54) is 17.0 Å². The molecule has 0 atom stereocenters. The van der Waals surface area contributed by atoms with Crippen LogP contribution in [0.2, 0.25) is 10.0 Å². The van der Waals surface area contributed by atoms with Gasteiger partial charge < -0.3 is 5.32 Å². The predicted molar refractivity (Wildman–Crippen MR) is 122 cm³/mol. The average Bonchev–Trinajstić information content (AvgIpc) is 2.76. The molecule has 0 unspecified atom stereocenters. The Bertz CT molecular complexity index is 1240. The molecule has 0 radical (unpaired) electrons. The number of nitrogens with zero attached hydrogens (tertiary/aromatic N) is 1. The summed E-state index contributed by atoms with van der Waals surface area (Å²) >= 11 is 12.3. The third-order valence-corrected chi connectivity index (χ3v) is 6.05. The first kappa shape index (κ1) is 22.2. The topological polar surface area (TPSA) is 32.3 Å². The highest BCUT2D eigenvalue weighted by Crippen LogP contribution is 2.38. The second kappa shape index (κ2) is 8.52. The minimum Gasteiger partial charge on any atom is -0.333 e. The van der Waals surface area contributed by atoms with Gasteiger partial charge in [-0.3, -0.25) is 4.90 Å². The van der Waals surface area contributed by atoms with E-state index in [4.69, 9.17) is 23.2 Å². The summed E-state index contributed by atoms with van der Waals surface area (Å²) in [5.41, 5.74) is 3.17. The van der Waals surface area contributed by atoms with Gasteiger partial charge in [-0.2, -0.15) is 13.2 Å². The third kappa shape index (κ3) is 4.20. The van der Waals surface area contributed by atoms with Crippen LogP contribution >= 0.6 is 23.2 Å². The smallest absolute Gasteiger partial charge is 0.333 e. The molecule has 0 aliphatic carbocycles. The highest BCUT2D eigenvalue weighted by atomic mass is 35.5. The molecule has 4 rings (SSSR count). The molecule has 0 spiro atoms. The molecule has 0 saturated heterocycles. The fourth-order valence-electron chi connectivity index (χ4n) is 3.74. The van der Waals surface area contributed by atoms with Gasteiger partial charge in [-0.25, -0.2) is 4.79 Å². The Balaban J connectivity index is 1.84. The lowest BCUT2D eigenvalue weighted by molar-refractivity contribution is -0.137. The Morgan fingerprint density at radius 1 is 0.906 bits per heavy atom. The summed E-state index contributed by atoms with van der Waals surface area (Å²) < 4.78 is 39.7. The first-order valence-electron chi connectivity index (χ1n) is 9.66. The molecule has 0 aromatic heterocycles. The number of benzene rings is 3. The Morgan fingerprint density at radius 2 is 1.62 bits per heavy atom.